The van der Waals surface area contributed by atoms with Crippen molar-refractivity contribution < 1.29 is 18.6 Å². The summed E-state index contributed by atoms with van der Waals surface area (Å²) >= 11 is 0. The molecule has 0 radical (unpaired) electrons. The molecule has 0 bridgehead atoms. The number of pyridine rings is 2. The summed E-state index contributed by atoms with van der Waals surface area (Å²) in [5.41, 5.74) is 1.15. The Morgan fingerprint density at radius 1 is 0.473 bits per heavy atom. The number of benzene rings is 4. The minimum absolute atomic E-state index is 0.221. The Balaban J connectivity index is 1.28. The van der Waals surface area contributed by atoms with Gasteiger partial charge in [-0.05, 0) is 54.6 Å². The van der Waals surface area contributed by atoms with E-state index >= 15 is 9.13 Å². The summed E-state index contributed by atoms with van der Waals surface area (Å²) in [6.07, 6.45) is 6.74. The van der Waals surface area contributed by atoms with Gasteiger partial charge in [0, 0.05) is 80.2 Å². The van der Waals surface area contributed by atoms with Crippen LogP contribution in [-0.4, -0.2) is 35.8 Å². The van der Waals surface area contributed by atoms with Crippen LogP contribution in [0.2, 0.25) is 0 Å². The van der Waals surface area contributed by atoms with E-state index in [9.17, 15) is 0 Å². The highest BCUT2D eigenvalue weighted by Gasteiger charge is 2.34. The van der Waals surface area contributed by atoms with E-state index in [4.69, 9.17) is 9.47 Å². The summed E-state index contributed by atoms with van der Waals surface area (Å²) in [7, 11) is -6.44. The molecule has 2 unspecified atom stereocenters. The Morgan fingerprint density at radius 3 is 1.33 bits per heavy atom. The first-order chi connectivity index (χ1) is 26.7. The van der Waals surface area contributed by atoms with Crippen LogP contribution in [0.3, 0.4) is 0 Å². The minimum atomic E-state index is -3.22. The molecule has 0 spiro atoms. The van der Waals surface area contributed by atoms with Crippen molar-refractivity contribution in [3.8, 4) is 29.2 Å². The molecule has 0 amide bonds. The maximum atomic E-state index is 15.4. The summed E-state index contributed by atoms with van der Waals surface area (Å²) in [5, 5.41) is 4.63. The average Bonchev–Trinajstić information content (AvgIpc) is 3.54. The Hall–Kier alpha value is -5.88. The molecule has 4 heterocycles. The Bertz CT molecular complexity index is 2570. The number of nitrogens with zero attached hydrogens (tertiary/aromatic N) is 5. The molecule has 9 nitrogen and oxygen atoms in total. The van der Waals surface area contributed by atoms with Gasteiger partial charge in [0.2, 0.25) is 17.7 Å². The molecular weight excluding hydrogens is 724 g/mol. The summed E-state index contributed by atoms with van der Waals surface area (Å²) in [5.74, 6) is 2.48. The van der Waals surface area contributed by atoms with Crippen molar-refractivity contribution in [1.29, 1.82) is 0 Å². The minimum Gasteiger partial charge on any atom is -0.439 e. The largest absolute Gasteiger partial charge is 0.439 e. The number of hydrogen-bond donors (Lipinski definition) is 0. The van der Waals surface area contributed by atoms with Gasteiger partial charge >= 0.3 is 0 Å². The molecule has 2 atom stereocenters. The van der Waals surface area contributed by atoms with E-state index in [1.165, 1.54) is 0 Å². The molecule has 0 aliphatic carbocycles. The van der Waals surface area contributed by atoms with E-state index in [2.05, 4.69) is 19.9 Å². The molecule has 0 aliphatic rings. The maximum Gasteiger partial charge on any atom is 0.234 e. The highest BCUT2D eigenvalue weighted by Crippen LogP contribution is 2.51. The lowest BCUT2D eigenvalue weighted by atomic mass is 10.1. The van der Waals surface area contributed by atoms with Crippen LogP contribution in [0.4, 0.5) is 0 Å². The normalized spacial score (nSPS) is 13.9. The average molecular weight is 764 g/mol. The SMILES string of the molecule is CC(C)P(=O)(c1cccc(Oc2ccccn2)c1)c1ccc2c3ccc(P(=O)(c4cccc(Oc5ccccn5)c4)C(C)C)cc3n(-c3ncccn3)c2c1. The van der Waals surface area contributed by atoms with Gasteiger partial charge in [-0.15, -0.1) is 0 Å². The first-order valence-electron chi connectivity index (χ1n) is 18.1. The molecule has 0 saturated heterocycles. The number of rotatable bonds is 11. The summed E-state index contributed by atoms with van der Waals surface area (Å²) in [6.45, 7) is 7.94. The lowest BCUT2D eigenvalue weighted by Crippen LogP contribution is -2.23. The van der Waals surface area contributed by atoms with E-state index in [1.807, 2.05) is 141 Å². The molecule has 0 fully saturated rings. The molecule has 8 rings (SSSR count). The zero-order valence-electron chi connectivity index (χ0n) is 30.9. The van der Waals surface area contributed by atoms with Crippen molar-refractivity contribution in [2.75, 3.05) is 0 Å². The zero-order valence-corrected chi connectivity index (χ0v) is 32.6. The van der Waals surface area contributed by atoms with Crippen molar-refractivity contribution in [3.63, 3.8) is 0 Å². The monoisotopic (exact) mass is 763 g/mol. The van der Waals surface area contributed by atoms with Crippen LogP contribution in [0.25, 0.3) is 27.8 Å². The van der Waals surface area contributed by atoms with Gasteiger partial charge in [0.25, 0.3) is 0 Å². The molecule has 55 heavy (non-hydrogen) atoms. The second-order valence-corrected chi connectivity index (χ2v) is 20.6. The fourth-order valence-corrected chi connectivity index (χ4v) is 12.5. The van der Waals surface area contributed by atoms with Crippen LogP contribution in [0.15, 0.2) is 152 Å². The Kier molecular flexibility index (Phi) is 9.68. The molecule has 0 saturated carbocycles. The van der Waals surface area contributed by atoms with E-state index in [0.717, 1.165) is 21.8 Å². The predicted octanol–water partition coefficient (Wildman–Crippen LogP) is 9.39. The Labute approximate surface area is 319 Å². The molecule has 4 aromatic carbocycles. The van der Waals surface area contributed by atoms with Crippen molar-refractivity contribution >= 4 is 57.3 Å². The van der Waals surface area contributed by atoms with Gasteiger partial charge in [0.05, 0.1) is 11.0 Å². The van der Waals surface area contributed by atoms with Gasteiger partial charge in [-0.1, -0.05) is 88.4 Å². The standard InChI is InChI=1S/C44H39N5O4P2/c1-30(2)54(50,34-14-9-12-32(26-34)52-42-16-5-7-22-45-42)36-18-20-38-39-21-19-37(29-41(39)49(40(38)28-36)44-47-24-11-25-48-44)55(51,31(3)4)35-15-10-13-33(27-35)53-43-17-6-8-23-46-43/h5-31H,1-4H3. The maximum absolute atomic E-state index is 15.4. The van der Waals surface area contributed by atoms with Crippen molar-refractivity contribution in [3.05, 3.63) is 152 Å². The highest BCUT2D eigenvalue weighted by atomic mass is 31.2. The second-order valence-electron chi connectivity index (χ2n) is 13.8. The predicted molar refractivity (Wildman–Crippen MR) is 222 cm³/mol. The third kappa shape index (κ3) is 6.64. The Morgan fingerprint density at radius 2 is 0.909 bits per heavy atom. The molecule has 8 aromatic rings. The zero-order chi connectivity index (χ0) is 38.2. The van der Waals surface area contributed by atoms with Gasteiger partial charge in [0.15, 0.2) is 0 Å². The van der Waals surface area contributed by atoms with E-state index in [-0.39, 0.29) is 11.3 Å². The highest BCUT2D eigenvalue weighted by molar-refractivity contribution is 7.79. The van der Waals surface area contributed by atoms with Crippen LogP contribution >= 0.6 is 14.3 Å². The van der Waals surface area contributed by atoms with Crippen LogP contribution in [0, 0.1) is 0 Å². The van der Waals surface area contributed by atoms with Gasteiger partial charge in [-0.2, -0.15) is 0 Å². The van der Waals surface area contributed by atoms with Gasteiger partial charge in [-0.3, -0.25) is 4.57 Å². The van der Waals surface area contributed by atoms with Crippen LogP contribution in [0.1, 0.15) is 27.7 Å². The number of hydrogen-bond acceptors (Lipinski definition) is 8. The molecule has 0 N–H and O–H groups in total. The molecule has 4 aromatic heterocycles. The van der Waals surface area contributed by atoms with Crippen molar-refractivity contribution in [1.82, 2.24) is 24.5 Å². The van der Waals surface area contributed by atoms with Crippen molar-refractivity contribution in [2.45, 2.75) is 39.0 Å². The lowest BCUT2D eigenvalue weighted by Gasteiger charge is -2.24. The summed E-state index contributed by atoms with van der Waals surface area (Å²) in [6, 6.07) is 39.6. The number of fused-ring (bicyclic) bond motifs is 3. The molecular formula is C44H39N5O4P2. The third-order valence-electron chi connectivity index (χ3n) is 9.83. The molecule has 274 valence electrons. The van der Waals surface area contributed by atoms with Gasteiger partial charge < -0.3 is 18.6 Å². The van der Waals surface area contributed by atoms with E-state index in [0.29, 0.717) is 50.4 Å². The molecule has 0 aliphatic heterocycles. The topological polar surface area (TPSA) is 109 Å². The van der Waals surface area contributed by atoms with E-state index in [1.54, 1.807) is 43.0 Å². The fraction of sp³-hybridized carbons (Fsp3) is 0.136. The van der Waals surface area contributed by atoms with Gasteiger partial charge in [0.1, 0.15) is 25.8 Å². The van der Waals surface area contributed by atoms with Crippen molar-refractivity contribution in [2.24, 2.45) is 0 Å². The lowest BCUT2D eigenvalue weighted by molar-refractivity contribution is 0.463. The van der Waals surface area contributed by atoms with Crippen LogP contribution in [0.5, 0.6) is 23.3 Å². The van der Waals surface area contributed by atoms with E-state index < -0.39 is 14.3 Å². The van der Waals surface area contributed by atoms with Crippen LogP contribution in [-0.2, 0) is 9.13 Å². The third-order valence-corrected chi connectivity index (χ3v) is 16.9. The fourth-order valence-electron chi connectivity index (χ4n) is 7.09. The van der Waals surface area contributed by atoms with Crippen LogP contribution < -0.4 is 30.7 Å². The number of ether oxygens (including phenoxy) is 2. The summed E-state index contributed by atoms with van der Waals surface area (Å²) in [4.78, 5) is 17.9. The first kappa shape index (κ1) is 36.1. The molecule has 11 heteroatoms. The number of aromatic nitrogens is 5. The quantitative estimate of drug-likeness (QED) is 0.120. The summed E-state index contributed by atoms with van der Waals surface area (Å²) < 4.78 is 44.9. The smallest absolute Gasteiger partial charge is 0.234 e. The first-order valence-corrected chi connectivity index (χ1v) is 21.7. The second kappa shape index (κ2) is 14.7. The van der Waals surface area contributed by atoms with Gasteiger partial charge in [-0.25, -0.2) is 19.9 Å².